The van der Waals surface area contributed by atoms with Gasteiger partial charge in [-0.1, -0.05) is 36.2 Å². The summed E-state index contributed by atoms with van der Waals surface area (Å²) in [5.74, 6) is 0.318. The van der Waals surface area contributed by atoms with Crippen LogP contribution in [0.4, 0.5) is 0 Å². The second-order valence-electron chi connectivity index (χ2n) is 6.55. The lowest BCUT2D eigenvalue weighted by atomic mass is 9.93. The summed E-state index contributed by atoms with van der Waals surface area (Å²) in [5.41, 5.74) is 2.25. The Morgan fingerprint density at radius 3 is 2.77 bits per heavy atom. The van der Waals surface area contributed by atoms with Crippen LogP contribution in [0.1, 0.15) is 30.4 Å². The fraction of sp³-hybridized carbons (Fsp3) is 0.611. The maximum Gasteiger partial charge on any atom is 0.227 e. The summed E-state index contributed by atoms with van der Waals surface area (Å²) >= 11 is 0. The third-order valence-electron chi connectivity index (χ3n) is 4.99. The van der Waals surface area contributed by atoms with Crippen LogP contribution >= 0.6 is 0 Å². The molecule has 0 aromatic heterocycles. The van der Waals surface area contributed by atoms with Crippen molar-refractivity contribution in [2.75, 3.05) is 19.8 Å². The predicted octanol–water partition coefficient (Wildman–Crippen LogP) is 1.93. The van der Waals surface area contributed by atoms with Crippen LogP contribution in [0.15, 0.2) is 24.3 Å². The Balaban J connectivity index is 1.69. The Bertz CT molecular complexity index is 514. The van der Waals surface area contributed by atoms with E-state index in [1.807, 2.05) is 36.1 Å². The molecule has 3 rings (SSSR count). The van der Waals surface area contributed by atoms with E-state index in [2.05, 4.69) is 0 Å². The lowest BCUT2D eigenvalue weighted by Crippen LogP contribution is -2.54. The number of aliphatic hydroxyl groups is 1. The second-order valence-corrected chi connectivity index (χ2v) is 6.55. The van der Waals surface area contributed by atoms with Crippen LogP contribution < -0.4 is 0 Å². The van der Waals surface area contributed by atoms with E-state index < -0.39 is 0 Å². The van der Waals surface area contributed by atoms with E-state index in [1.165, 1.54) is 5.56 Å². The van der Waals surface area contributed by atoms with Gasteiger partial charge >= 0.3 is 0 Å². The fourth-order valence-corrected chi connectivity index (χ4v) is 3.69. The molecule has 4 heteroatoms. The van der Waals surface area contributed by atoms with Gasteiger partial charge in [-0.25, -0.2) is 0 Å². The molecule has 2 aliphatic rings. The molecule has 1 aromatic rings. The van der Waals surface area contributed by atoms with Crippen LogP contribution in [-0.2, 0) is 16.0 Å². The van der Waals surface area contributed by atoms with E-state index in [0.29, 0.717) is 26.2 Å². The zero-order valence-corrected chi connectivity index (χ0v) is 13.2. The van der Waals surface area contributed by atoms with Crippen molar-refractivity contribution in [3.05, 3.63) is 35.4 Å². The topological polar surface area (TPSA) is 49.8 Å². The van der Waals surface area contributed by atoms with Crippen molar-refractivity contribution in [3.63, 3.8) is 0 Å². The van der Waals surface area contributed by atoms with Gasteiger partial charge in [0.15, 0.2) is 0 Å². The van der Waals surface area contributed by atoms with E-state index in [-0.39, 0.29) is 24.0 Å². The zero-order chi connectivity index (χ0) is 15.5. The number of aliphatic hydroxyl groups excluding tert-OH is 1. The molecule has 0 spiro atoms. The number of benzene rings is 1. The Morgan fingerprint density at radius 2 is 2.09 bits per heavy atom. The van der Waals surface area contributed by atoms with E-state index in [0.717, 1.165) is 24.8 Å². The van der Waals surface area contributed by atoms with E-state index >= 15 is 0 Å². The number of amides is 1. The normalized spacial score (nSPS) is 28.8. The summed E-state index contributed by atoms with van der Waals surface area (Å²) in [5, 5.41) is 10.2. The van der Waals surface area contributed by atoms with Gasteiger partial charge in [-0.05, 0) is 25.3 Å². The Hall–Kier alpha value is -1.39. The van der Waals surface area contributed by atoms with Crippen molar-refractivity contribution in [1.82, 2.24) is 4.90 Å². The van der Waals surface area contributed by atoms with Crippen LogP contribution in [0.2, 0.25) is 0 Å². The molecule has 1 aliphatic heterocycles. The Morgan fingerprint density at radius 1 is 1.32 bits per heavy atom. The van der Waals surface area contributed by atoms with Gasteiger partial charge in [-0.15, -0.1) is 0 Å². The highest BCUT2D eigenvalue weighted by atomic mass is 16.5. The average Bonchev–Trinajstić information content (AvgIpc) is 2.95. The number of ether oxygens (including phenoxy) is 1. The van der Waals surface area contributed by atoms with E-state index in [1.54, 1.807) is 0 Å². The average molecular weight is 303 g/mol. The molecule has 1 amide bonds. The third-order valence-corrected chi connectivity index (χ3v) is 4.99. The van der Waals surface area contributed by atoms with Gasteiger partial charge in [0.25, 0.3) is 0 Å². The largest absolute Gasteiger partial charge is 0.393 e. The highest BCUT2D eigenvalue weighted by Crippen LogP contribution is 2.32. The minimum Gasteiger partial charge on any atom is -0.393 e. The molecule has 0 radical (unpaired) electrons. The van der Waals surface area contributed by atoms with Gasteiger partial charge in [0.2, 0.25) is 5.91 Å². The van der Waals surface area contributed by atoms with Crippen LogP contribution in [0.25, 0.3) is 0 Å². The first-order valence-electron chi connectivity index (χ1n) is 8.26. The van der Waals surface area contributed by atoms with E-state index in [4.69, 9.17) is 4.74 Å². The van der Waals surface area contributed by atoms with Crippen molar-refractivity contribution in [3.8, 4) is 0 Å². The van der Waals surface area contributed by atoms with Crippen molar-refractivity contribution in [1.29, 1.82) is 0 Å². The standard InChI is InChI=1S/C18H25NO3/c1-13-5-7-14(8-6-13)11-18(21)19-9-10-22-12-16(19)15-3-2-4-17(15)20/h5-8,15-17,20H,2-4,9-12H2,1H3. The number of hydrogen-bond acceptors (Lipinski definition) is 3. The summed E-state index contributed by atoms with van der Waals surface area (Å²) in [6.45, 7) is 3.84. The number of morpholine rings is 1. The minimum absolute atomic E-state index is 0.0317. The first kappa shape index (κ1) is 15.5. The van der Waals surface area contributed by atoms with Crippen LogP contribution in [-0.4, -0.2) is 47.8 Å². The summed E-state index contributed by atoms with van der Waals surface area (Å²) in [7, 11) is 0. The predicted molar refractivity (Wildman–Crippen MR) is 84.6 cm³/mol. The van der Waals surface area contributed by atoms with Gasteiger partial charge in [0.1, 0.15) is 0 Å². The highest BCUT2D eigenvalue weighted by Gasteiger charge is 2.39. The van der Waals surface area contributed by atoms with Crippen LogP contribution in [0.5, 0.6) is 0 Å². The molecule has 1 N–H and O–H groups in total. The summed E-state index contributed by atoms with van der Waals surface area (Å²) in [4.78, 5) is 14.7. The number of carbonyl (C=O) groups excluding carboxylic acids is 1. The molecule has 22 heavy (non-hydrogen) atoms. The minimum atomic E-state index is -0.290. The molecular weight excluding hydrogens is 278 g/mol. The molecule has 1 saturated carbocycles. The zero-order valence-electron chi connectivity index (χ0n) is 13.2. The number of rotatable bonds is 3. The molecule has 2 fully saturated rings. The second kappa shape index (κ2) is 6.80. The Labute approximate surface area is 132 Å². The molecule has 4 nitrogen and oxygen atoms in total. The van der Waals surface area contributed by atoms with Gasteiger partial charge in [-0.2, -0.15) is 0 Å². The molecule has 1 aromatic carbocycles. The summed E-state index contributed by atoms with van der Waals surface area (Å²) in [6, 6.07) is 8.16. The van der Waals surface area contributed by atoms with Crippen LogP contribution in [0.3, 0.4) is 0 Å². The van der Waals surface area contributed by atoms with Crippen molar-refractivity contribution < 1.29 is 14.6 Å². The van der Waals surface area contributed by atoms with Gasteiger partial charge in [-0.3, -0.25) is 4.79 Å². The number of aryl methyl sites for hydroxylation is 1. The molecule has 3 unspecified atom stereocenters. The lowest BCUT2D eigenvalue weighted by Gasteiger charge is -2.40. The number of hydrogen-bond donors (Lipinski definition) is 1. The Kier molecular flexibility index (Phi) is 4.79. The fourth-order valence-electron chi connectivity index (χ4n) is 3.69. The number of carbonyl (C=O) groups is 1. The van der Waals surface area contributed by atoms with Crippen molar-refractivity contribution in [2.24, 2.45) is 5.92 Å². The van der Waals surface area contributed by atoms with Crippen molar-refractivity contribution >= 4 is 5.91 Å². The maximum absolute atomic E-state index is 12.7. The highest BCUT2D eigenvalue weighted by molar-refractivity contribution is 5.79. The van der Waals surface area contributed by atoms with Crippen LogP contribution in [0, 0.1) is 12.8 Å². The summed E-state index contributed by atoms with van der Waals surface area (Å²) < 4.78 is 5.58. The molecular formula is C18H25NO3. The van der Waals surface area contributed by atoms with Gasteiger partial charge in [0, 0.05) is 12.5 Å². The molecule has 1 heterocycles. The van der Waals surface area contributed by atoms with Gasteiger partial charge < -0.3 is 14.7 Å². The molecule has 3 atom stereocenters. The molecule has 120 valence electrons. The smallest absolute Gasteiger partial charge is 0.227 e. The van der Waals surface area contributed by atoms with Crippen molar-refractivity contribution in [2.45, 2.75) is 44.8 Å². The molecule has 1 aliphatic carbocycles. The molecule has 1 saturated heterocycles. The summed E-state index contributed by atoms with van der Waals surface area (Å²) in [6.07, 6.45) is 3.02. The number of nitrogens with zero attached hydrogens (tertiary/aromatic N) is 1. The van der Waals surface area contributed by atoms with E-state index in [9.17, 15) is 9.90 Å². The first-order chi connectivity index (χ1) is 10.6. The third kappa shape index (κ3) is 3.33. The van der Waals surface area contributed by atoms with Gasteiger partial charge in [0.05, 0.1) is 31.8 Å². The lowest BCUT2D eigenvalue weighted by molar-refractivity contribution is -0.143. The SMILES string of the molecule is Cc1ccc(CC(=O)N2CCOCC2C2CCCC2O)cc1. The maximum atomic E-state index is 12.7. The first-order valence-corrected chi connectivity index (χ1v) is 8.26. The quantitative estimate of drug-likeness (QED) is 0.928. The molecule has 0 bridgehead atoms. The monoisotopic (exact) mass is 303 g/mol.